The molecule has 154 valence electrons. The smallest absolute Gasteiger partial charge is 0.344 e. The van der Waals surface area contributed by atoms with Gasteiger partial charge in [0.05, 0.1) is 14.2 Å². The number of ether oxygens (including phenoxy) is 3. The van der Waals surface area contributed by atoms with Crippen molar-refractivity contribution in [1.82, 2.24) is 0 Å². The Morgan fingerprint density at radius 2 is 1.59 bits per heavy atom. The lowest BCUT2D eigenvalue weighted by Crippen LogP contribution is -2.33. The Balaban J connectivity index is 3.17. The number of carbonyl (C=O) groups is 1. The van der Waals surface area contributed by atoms with E-state index in [0.29, 0.717) is 11.5 Å². The minimum absolute atomic E-state index is 0.138. The van der Waals surface area contributed by atoms with Crippen LogP contribution in [0.4, 0.5) is 0 Å². The molecule has 0 bridgehead atoms. The van der Waals surface area contributed by atoms with Crippen LogP contribution in [-0.2, 0) is 23.1 Å². The zero-order valence-electron chi connectivity index (χ0n) is 17.4. The molecule has 0 radical (unpaired) electrons. The third kappa shape index (κ3) is 6.23. The fraction of sp³-hybridized carbons (Fsp3) is 0.632. The summed E-state index contributed by atoms with van der Waals surface area (Å²) in [5.74, 6) is 0.441. The van der Waals surface area contributed by atoms with Gasteiger partial charge in [0, 0.05) is 14.2 Å². The van der Waals surface area contributed by atoms with Crippen LogP contribution in [0.2, 0.25) is 0 Å². The van der Waals surface area contributed by atoms with Crippen molar-refractivity contribution < 1.29 is 32.6 Å². The van der Waals surface area contributed by atoms with Crippen LogP contribution in [0.5, 0.6) is 11.5 Å². The Labute approximate surface area is 161 Å². The molecule has 0 N–H and O–H groups in total. The second-order valence-corrected chi connectivity index (χ2v) is 9.64. The van der Waals surface area contributed by atoms with E-state index in [2.05, 4.69) is 0 Å². The number of benzene rings is 1. The number of hydrogen-bond acceptors (Lipinski definition) is 7. The van der Waals surface area contributed by atoms with E-state index in [4.69, 9.17) is 23.3 Å². The average molecular weight is 402 g/mol. The standard InChI is InChI=1S/C19H31O7P/c1-13(14-9-10-15(22-5)16(12-14)23-6)11-17(27(21,24-7)25-8)18(20)26-19(2,3)4/h9-10,12-13,17H,11H2,1-8H3. The third-order valence-corrected chi connectivity index (χ3v) is 6.33. The topological polar surface area (TPSA) is 80.3 Å². The van der Waals surface area contributed by atoms with Crippen molar-refractivity contribution in [2.24, 2.45) is 0 Å². The highest BCUT2D eigenvalue weighted by Gasteiger charge is 2.43. The van der Waals surface area contributed by atoms with Crippen molar-refractivity contribution in [3.8, 4) is 11.5 Å². The highest BCUT2D eigenvalue weighted by molar-refractivity contribution is 7.55. The molecule has 8 heteroatoms. The summed E-state index contributed by atoms with van der Waals surface area (Å²) in [6.45, 7) is 7.19. The summed E-state index contributed by atoms with van der Waals surface area (Å²) in [5, 5.41) is 0. The van der Waals surface area contributed by atoms with Gasteiger partial charge in [-0.1, -0.05) is 13.0 Å². The molecule has 0 aliphatic carbocycles. The first-order chi connectivity index (χ1) is 12.5. The molecule has 0 heterocycles. The maximum absolute atomic E-state index is 13.0. The molecule has 2 unspecified atom stereocenters. The highest BCUT2D eigenvalue weighted by atomic mass is 31.2. The van der Waals surface area contributed by atoms with Crippen LogP contribution in [0.25, 0.3) is 0 Å². The minimum Gasteiger partial charge on any atom is -0.493 e. The zero-order chi connectivity index (χ0) is 20.8. The van der Waals surface area contributed by atoms with Gasteiger partial charge in [-0.15, -0.1) is 0 Å². The van der Waals surface area contributed by atoms with E-state index < -0.39 is 24.8 Å². The largest absolute Gasteiger partial charge is 0.493 e. The Bertz CT molecular complexity index is 673. The summed E-state index contributed by atoms with van der Waals surface area (Å²) in [6, 6.07) is 5.50. The van der Waals surface area contributed by atoms with Gasteiger partial charge in [0.25, 0.3) is 0 Å². The van der Waals surface area contributed by atoms with Gasteiger partial charge >= 0.3 is 13.6 Å². The van der Waals surface area contributed by atoms with Crippen LogP contribution in [0.3, 0.4) is 0 Å². The molecule has 7 nitrogen and oxygen atoms in total. The molecule has 1 aromatic rings. The first-order valence-corrected chi connectivity index (χ1v) is 10.3. The Hall–Kier alpha value is -1.56. The normalized spacial score (nSPS) is 14.4. The summed E-state index contributed by atoms with van der Waals surface area (Å²) >= 11 is 0. The molecule has 0 saturated heterocycles. The van der Waals surface area contributed by atoms with E-state index in [1.165, 1.54) is 14.2 Å². The van der Waals surface area contributed by atoms with Crippen LogP contribution in [-0.4, -0.2) is 45.7 Å². The van der Waals surface area contributed by atoms with E-state index in [-0.39, 0.29) is 12.3 Å². The molecule has 2 atom stereocenters. The molecular weight excluding hydrogens is 371 g/mol. The number of methoxy groups -OCH3 is 2. The summed E-state index contributed by atoms with van der Waals surface area (Å²) in [6.07, 6.45) is 0.226. The summed E-state index contributed by atoms with van der Waals surface area (Å²) in [5.41, 5.74) is -0.858. The molecule has 1 rings (SSSR count). The van der Waals surface area contributed by atoms with Crippen molar-refractivity contribution in [3.05, 3.63) is 23.8 Å². The quantitative estimate of drug-likeness (QED) is 0.447. The fourth-order valence-corrected chi connectivity index (χ4v) is 4.23. The van der Waals surface area contributed by atoms with Crippen LogP contribution in [0, 0.1) is 0 Å². The summed E-state index contributed by atoms with van der Waals surface area (Å²) in [7, 11) is 1.98. The fourth-order valence-electron chi connectivity index (χ4n) is 2.68. The van der Waals surface area contributed by atoms with E-state index in [1.807, 2.05) is 19.1 Å². The maximum atomic E-state index is 13.0. The zero-order valence-corrected chi connectivity index (χ0v) is 18.3. The lowest BCUT2D eigenvalue weighted by Gasteiger charge is -2.29. The van der Waals surface area contributed by atoms with Crippen LogP contribution in [0.15, 0.2) is 18.2 Å². The van der Waals surface area contributed by atoms with Gasteiger partial charge < -0.3 is 23.3 Å². The minimum atomic E-state index is -3.67. The number of esters is 1. The van der Waals surface area contributed by atoms with Gasteiger partial charge in [0.15, 0.2) is 17.2 Å². The van der Waals surface area contributed by atoms with Crippen molar-refractivity contribution in [2.45, 2.75) is 51.3 Å². The van der Waals surface area contributed by atoms with Gasteiger partial charge in [-0.2, -0.15) is 0 Å². The number of carbonyl (C=O) groups excluding carboxylic acids is 1. The molecule has 0 fully saturated rings. The van der Waals surface area contributed by atoms with Gasteiger partial charge in [-0.05, 0) is 50.8 Å². The summed E-state index contributed by atoms with van der Waals surface area (Å²) < 4.78 is 39.2. The lowest BCUT2D eigenvalue weighted by atomic mass is 9.95. The molecule has 0 aliphatic rings. The first kappa shape index (κ1) is 23.5. The Morgan fingerprint density at radius 3 is 2.04 bits per heavy atom. The second kappa shape index (κ2) is 9.58. The average Bonchev–Trinajstić information content (AvgIpc) is 2.63. The van der Waals surface area contributed by atoms with Crippen LogP contribution >= 0.6 is 7.60 Å². The van der Waals surface area contributed by atoms with Crippen molar-refractivity contribution in [3.63, 3.8) is 0 Å². The van der Waals surface area contributed by atoms with Gasteiger partial charge in [-0.25, -0.2) is 0 Å². The predicted molar refractivity (Wildman–Crippen MR) is 104 cm³/mol. The van der Waals surface area contributed by atoms with Crippen molar-refractivity contribution in [2.75, 3.05) is 28.4 Å². The monoisotopic (exact) mass is 402 g/mol. The van der Waals surface area contributed by atoms with Crippen LogP contribution in [0.1, 0.15) is 45.6 Å². The van der Waals surface area contributed by atoms with Gasteiger partial charge in [0.2, 0.25) is 0 Å². The van der Waals surface area contributed by atoms with Crippen molar-refractivity contribution in [1.29, 1.82) is 0 Å². The molecule has 1 aromatic carbocycles. The first-order valence-electron chi connectivity index (χ1n) is 8.67. The number of rotatable bonds is 9. The predicted octanol–water partition coefficient (Wildman–Crippen LogP) is 4.39. The molecule has 0 aromatic heterocycles. The molecule has 0 spiro atoms. The molecule has 0 amide bonds. The molecule has 27 heavy (non-hydrogen) atoms. The molecular formula is C19H31O7P. The van der Waals surface area contributed by atoms with E-state index in [9.17, 15) is 9.36 Å². The Morgan fingerprint density at radius 1 is 1.04 bits per heavy atom. The molecule has 0 aliphatic heterocycles. The van der Waals surface area contributed by atoms with E-state index >= 15 is 0 Å². The summed E-state index contributed by atoms with van der Waals surface area (Å²) in [4.78, 5) is 12.7. The van der Waals surface area contributed by atoms with Crippen molar-refractivity contribution >= 4 is 13.6 Å². The maximum Gasteiger partial charge on any atom is 0.344 e. The highest BCUT2D eigenvalue weighted by Crippen LogP contribution is 2.55. The lowest BCUT2D eigenvalue weighted by molar-refractivity contribution is -0.155. The second-order valence-electron chi connectivity index (χ2n) is 7.21. The Kier molecular flexibility index (Phi) is 8.33. The number of hydrogen-bond donors (Lipinski definition) is 0. The van der Waals surface area contributed by atoms with Gasteiger partial charge in [0.1, 0.15) is 5.60 Å². The van der Waals surface area contributed by atoms with E-state index in [1.54, 1.807) is 41.1 Å². The van der Waals surface area contributed by atoms with Crippen LogP contribution < -0.4 is 9.47 Å². The SMILES string of the molecule is COc1ccc(C(C)CC(C(=O)OC(C)(C)C)P(=O)(OC)OC)cc1OC. The van der Waals surface area contributed by atoms with E-state index in [0.717, 1.165) is 5.56 Å². The molecule has 0 saturated carbocycles. The third-order valence-electron chi connectivity index (χ3n) is 4.12. The van der Waals surface area contributed by atoms with Gasteiger partial charge in [-0.3, -0.25) is 9.36 Å².